The Balaban J connectivity index is 1.35. The topological polar surface area (TPSA) is 25.8 Å². The maximum atomic E-state index is 4.33. The third-order valence-electron chi connectivity index (χ3n) is 8.10. The van der Waals surface area contributed by atoms with Gasteiger partial charge in [-0.2, -0.15) is 0 Å². The van der Waals surface area contributed by atoms with Crippen LogP contribution < -0.4 is 0 Å². The van der Waals surface area contributed by atoms with Crippen LogP contribution in [0.5, 0.6) is 0 Å². The van der Waals surface area contributed by atoms with E-state index >= 15 is 0 Å². The Hall–Kier alpha value is -1.80. The van der Waals surface area contributed by atoms with E-state index in [0.717, 1.165) is 23.2 Å². The van der Waals surface area contributed by atoms with E-state index in [1.165, 1.54) is 116 Å². The lowest BCUT2D eigenvalue weighted by Crippen LogP contribution is -2.13. The van der Waals surface area contributed by atoms with Crippen LogP contribution in [0, 0.1) is 47.4 Å². The minimum Gasteiger partial charge on any atom is -0.141 e. The van der Waals surface area contributed by atoms with E-state index in [0.29, 0.717) is 11.8 Å². The molecule has 2 saturated carbocycles. The Bertz CT molecular complexity index is 718. The van der Waals surface area contributed by atoms with Gasteiger partial charge in [-0.15, -0.1) is 10.2 Å². The van der Waals surface area contributed by atoms with Gasteiger partial charge in [-0.3, -0.25) is 0 Å². The summed E-state index contributed by atoms with van der Waals surface area (Å²) in [5.41, 5.74) is 1.58. The zero-order valence-electron chi connectivity index (χ0n) is 22.1. The molecule has 34 heavy (non-hydrogen) atoms. The molecule has 0 aromatic carbocycles. The highest BCUT2D eigenvalue weighted by Gasteiger charge is 2.20. The molecule has 1 aromatic rings. The molecule has 3 rings (SSSR count). The Kier molecular flexibility index (Phi) is 12.6. The Morgan fingerprint density at radius 2 is 1.00 bits per heavy atom. The average Bonchev–Trinajstić information content (AvgIpc) is 2.89. The molecule has 0 unspecified atom stereocenters. The molecule has 0 radical (unpaired) electrons. The van der Waals surface area contributed by atoms with Crippen LogP contribution in [0.4, 0.5) is 0 Å². The number of aromatic nitrogens is 2. The molecule has 0 atom stereocenters. The van der Waals surface area contributed by atoms with Crippen LogP contribution in [0.25, 0.3) is 0 Å². The van der Waals surface area contributed by atoms with Gasteiger partial charge in [-0.1, -0.05) is 89.9 Å². The number of hydrogen-bond donors (Lipinski definition) is 0. The first kappa shape index (κ1) is 26.8. The van der Waals surface area contributed by atoms with Crippen molar-refractivity contribution in [1.82, 2.24) is 10.2 Å². The van der Waals surface area contributed by atoms with Crippen molar-refractivity contribution in [2.45, 2.75) is 129 Å². The Morgan fingerprint density at radius 1 is 0.588 bits per heavy atom. The van der Waals surface area contributed by atoms with Gasteiger partial charge < -0.3 is 0 Å². The van der Waals surface area contributed by atoms with Crippen LogP contribution in [-0.2, 0) is 0 Å². The highest BCUT2D eigenvalue weighted by molar-refractivity contribution is 5.32. The van der Waals surface area contributed by atoms with Crippen molar-refractivity contribution in [3.63, 3.8) is 0 Å². The van der Waals surface area contributed by atoms with Gasteiger partial charge in [0.15, 0.2) is 0 Å². The van der Waals surface area contributed by atoms with Crippen LogP contribution in [-0.4, -0.2) is 10.2 Å². The zero-order valence-corrected chi connectivity index (χ0v) is 22.1. The largest absolute Gasteiger partial charge is 0.141 e. The van der Waals surface area contributed by atoms with E-state index in [1.54, 1.807) is 0 Å². The molecule has 2 aliphatic rings. The van der Waals surface area contributed by atoms with Gasteiger partial charge in [-0.05, 0) is 87.2 Å². The second kappa shape index (κ2) is 16.0. The third-order valence-corrected chi connectivity index (χ3v) is 8.10. The smallest absolute Gasteiger partial charge is 0.135 e. The van der Waals surface area contributed by atoms with Gasteiger partial charge in [0.2, 0.25) is 0 Å². The molecule has 0 saturated heterocycles. The molecule has 186 valence electrons. The van der Waals surface area contributed by atoms with Crippen molar-refractivity contribution in [3.05, 3.63) is 23.5 Å². The van der Waals surface area contributed by atoms with Gasteiger partial charge in [0.05, 0.1) is 0 Å². The Labute approximate surface area is 210 Å². The summed E-state index contributed by atoms with van der Waals surface area (Å²) in [4.78, 5) is 0. The first-order chi connectivity index (χ1) is 16.8. The SMILES string of the molecule is CCCCCC[C@H]1CC[C@H](C#Cc2ccc(C#C[C@H]3CC[C@H](CCCCCC)CC3)nn2)CC1. The summed E-state index contributed by atoms with van der Waals surface area (Å²) >= 11 is 0. The normalized spacial score (nSPS) is 24.5. The van der Waals surface area contributed by atoms with Crippen molar-refractivity contribution in [3.8, 4) is 23.7 Å². The monoisotopic (exact) mass is 460 g/mol. The number of unbranched alkanes of at least 4 members (excludes halogenated alkanes) is 6. The summed E-state index contributed by atoms with van der Waals surface area (Å²) in [5.74, 6) is 16.5. The molecule has 2 nitrogen and oxygen atoms in total. The fourth-order valence-corrected chi connectivity index (χ4v) is 5.73. The first-order valence-electron chi connectivity index (χ1n) is 14.6. The molecule has 2 fully saturated rings. The van der Waals surface area contributed by atoms with Gasteiger partial charge in [0.25, 0.3) is 0 Å². The average molecular weight is 461 g/mol. The van der Waals surface area contributed by atoms with Crippen LogP contribution in [0.1, 0.15) is 141 Å². The van der Waals surface area contributed by atoms with Crippen LogP contribution in [0.2, 0.25) is 0 Å². The summed E-state index contributed by atoms with van der Waals surface area (Å²) in [6.07, 6.45) is 24.4. The predicted octanol–water partition coefficient (Wildman–Crippen LogP) is 8.73. The van der Waals surface area contributed by atoms with E-state index in [-0.39, 0.29) is 0 Å². The molecule has 1 aromatic heterocycles. The maximum absolute atomic E-state index is 4.33. The summed E-state index contributed by atoms with van der Waals surface area (Å²) in [5, 5.41) is 8.67. The van der Waals surface area contributed by atoms with E-state index in [4.69, 9.17) is 0 Å². The zero-order chi connectivity index (χ0) is 23.8. The highest BCUT2D eigenvalue weighted by Crippen LogP contribution is 2.32. The molecule has 0 N–H and O–H groups in total. The molecule has 0 aliphatic heterocycles. The summed E-state index contributed by atoms with van der Waals surface area (Å²) in [6.45, 7) is 4.58. The molecule has 0 bridgehead atoms. The number of hydrogen-bond acceptors (Lipinski definition) is 2. The van der Waals surface area contributed by atoms with Crippen molar-refractivity contribution in [2.75, 3.05) is 0 Å². The quantitative estimate of drug-likeness (QED) is 0.258. The van der Waals surface area contributed by atoms with E-state index in [2.05, 4.69) is 47.7 Å². The van der Waals surface area contributed by atoms with Crippen molar-refractivity contribution < 1.29 is 0 Å². The molecule has 0 spiro atoms. The fourth-order valence-electron chi connectivity index (χ4n) is 5.73. The number of rotatable bonds is 10. The van der Waals surface area contributed by atoms with E-state index in [1.807, 2.05) is 12.1 Å². The van der Waals surface area contributed by atoms with Crippen molar-refractivity contribution in [1.29, 1.82) is 0 Å². The predicted molar refractivity (Wildman–Crippen MR) is 144 cm³/mol. The van der Waals surface area contributed by atoms with Gasteiger partial charge in [0.1, 0.15) is 11.4 Å². The molecular formula is C32H48N2. The molecule has 2 aliphatic carbocycles. The molecule has 0 amide bonds. The first-order valence-corrected chi connectivity index (χ1v) is 14.6. The molecule has 2 heteroatoms. The highest BCUT2D eigenvalue weighted by atomic mass is 15.1. The second-order valence-electron chi connectivity index (χ2n) is 11.0. The minimum absolute atomic E-state index is 0.537. The van der Waals surface area contributed by atoms with Crippen LogP contribution >= 0.6 is 0 Å². The lowest BCUT2D eigenvalue weighted by atomic mass is 9.80. The van der Waals surface area contributed by atoms with Crippen LogP contribution in [0.3, 0.4) is 0 Å². The third kappa shape index (κ3) is 10.2. The lowest BCUT2D eigenvalue weighted by Gasteiger charge is -2.25. The van der Waals surface area contributed by atoms with Crippen molar-refractivity contribution in [2.24, 2.45) is 23.7 Å². The summed E-state index contributed by atoms with van der Waals surface area (Å²) in [6, 6.07) is 3.99. The van der Waals surface area contributed by atoms with Crippen LogP contribution in [0.15, 0.2) is 12.1 Å². The fraction of sp³-hybridized carbons (Fsp3) is 0.750. The summed E-state index contributed by atoms with van der Waals surface area (Å²) in [7, 11) is 0. The van der Waals surface area contributed by atoms with Gasteiger partial charge in [0, 0.05) is 11.8 Å². The van der Waals surface area contributed by atoms with Crippen molar-refractivity contribution >= 4 is 0 Å². The standard InChI is InChI=1S/C32H48N2/c1-3-5-7-9-11-27-13-17-29(18-14-27)21-23-31-25-26-32(34-33-31)24-22-30-19-15-28(16-20-30)12-10-8-6-4-2/h25-30H,3-20H2,1-2H3/t27-,28-,29-,30-. The maximum Gasteiger partial charge on any atom is 0.135 e. The van der Waals surface area contributed by atoms with Gasteiger partial charge in [-0.25, -0.2) is 0 Å². The van der Waals surface area contributed by atoms with E-state index < -0.39 is 0 Å². The second-order valence-corrected chi connectivity index (χ2v) is 11.0. The van der Waals surface area contributed by atoms with Gasteiger partial charge >= 0.3 is 0 Å². The molecular weight excluding hydrogens is 412 g/mol. The Morgan fingerprint density at radius 3 is 1.35 bits per heavy atom. The van der Waals surface area contributed by atoms with E-state index in [9.17, 15) is 0 Å². The lowest BCUT2D eigenvalue weighted by molar-refractivity contribution is 0.294. The number of nitrogens with zero attached hydrogens (tertiary/aromatic N) is 2. The minimum atomic E-state index is 0.537. The molecule has 1 heterocycles. The summed E-state index contributed by atoms with van der Waals surface area (Å²) < 4.78 is 0.